The number of carboxylic acid groups (broad SMARTS) is 1. The van der Waals surface area contributed by atoms with Crippen molar-refractivity contribution in [1.29, 1.82) is 0 Å². The number of hydrogen-bond donors (Lipinski definition) is 2. The Morgan fingerprint density at radius 1 is 0.944 bits per heavy atom. The minimum Gasteiger partial charge on any atom is -0.481 e. The molecule has 1 saturated heterocycles. The number of nitrogens with zero attached hydrogens (tertiary/aromatic N) is 1. The van der Waals surface area contributed by atoms with Crippen LogP contribution in [0.2, 0.25) is 0 Å². The van der Waals surface area contributed by atoms with E-state index in [1.807, 2.05) is 60.7 Å². The summed E-state index contributed by atoms with van der Waals surface area (Å²) in [4.78, 5) is 15.2. The van der Waals surface area contributed by atoms with E-state index in [0.717, 1.165) is 23.3 Å². The molecule has 4 atom stereocenters. The highest BCUT2D eigenvalue weighted by Crippen LogP contribution is 2.61. The van der Waals surface area contributed by atoms with Crippen LogP contribution in [-0.4, -0.2) is 34.2 Å². The van der Waals surface area contributed by atoms with Gasteiger partial charge in [0.2, 0.25) is 0 Å². The Morgan fingerprint density at radius 3 is 2.14 bits per heavy atom. The van der Waals surface area contributed by atoms with E-state index < -0.39 is 34.6 Å². The molecule has 0 spiro atoms. The molecule has 4 nitrogen and oxygen atoms in total. The summed E-state index contributed by atoms with van der Waals surface area (Å²) < 4.78 is 39.6. The van der Waals surface area contributed by atoms with Crippen LogP contribution in [0.4, 0.5) is 13.2 Å². The predicted molar refractivity (Wildman–Crippen MR) is 129 cm³/mol. The number of likely N-dealkylation sites (tertiary alicyclic amines) is 1. The fourth-order valence-corrected chi connectivity index (χ4v) is 6.46. The molecule has 1 aliphatic carbocycles. The molecule has 0 bridgehead atoms. The maximum absolute atomic E-state index is 13.2. The normalized spacial score (nSPS) is 28.6. The van der Waals surface area contributed by atoms with Crippen molar-refractivity contribution < 1.29 is 28.2 Å². The van der Waals surface area contributed by atoms with Gasteiger partial charge in [-0.15, -0.1) is 0 Å². The monoisotopic (exact) mass is 495 g/mol. The zero-order valence-corrected chi connectivity index (χ0v) is 19.7. The molecule has 2 fully saturated rings. The predicted octanol–water partition coefficient (Wildman–Crippen LogP) is 5.67. The smallest absolute Gasteiger partial charge is 0.416 e. The molecule has 1 aliphatic heterocycles. The summed E-state index contributed by atoms with van der Waals surface area (Å²) >= 11 is 0. The van der Waals surface area contributed by atoms with E-state index in [2.05, 4.69) is 4.90 Å². The van der Waals surface area contributed by atoms with Gasteiger partial charge in [0.25, 0.3) is 0 Å². The zero-order chi connectivity index (χ0) is 25.6. The first-order valence-corrected chi connectivity index (χ1v) is 12.1. The number of carbonyl (C=O) groups is 1. The van der Waals surface area contributed by atoms with Crippen molar-refractivity contribution in [1.82, 2.24) is 4.90 Å². The number of benzene rings is 3. The van der Waals surface area contributed by atoms with E-state index in [-0.39, 0.29) is 18.9 Å². The molecule has 3 aromatic carbocycles. The highest BCUT2D eigenvalue weighted by Gasteiger charge is 2.66. The summed E-state index contributed by atoms with van der Waals surface area (Å²) in [5, 5.41) is 22.9. The van der Waals surface area contributed by atoms with Gasteiger partial charge in [0, 0.05) is 31.5 Å². The number of fused-ring (bicyclic) bond motifs is 1. The van der Waals surface area contributed by atoms with E-state index in [1.54, 1.807) is 0 Å². The van der Waals surface area contributed by atoms with Gasteiger partial charge in [-0.1, -0.05) is 72.8 Å². The lowest BCUT2D eigenvalue weighted by molar-refractivity contribution is -0.169. The van der Waals surface area contributed by atoms with Crippen molar-refractivity contribution >= 4 is 5.97 Å². The Kier molecular flexibility index (Phi) is 6.17. The van der Waals surface area contributed by atoms with Gasteiger partial charge < -0.3 is 10.2 Å². The van der Waals surface area contributed by atoms with Gasteiger partial charge >= 0.3 is 12.1 Å². The highest BCUT2D eigenvalue weighted by atomic mass is 19.4. The fourth-order valence-electron chi connectivity index (χ4n) is 6.46. The molecule has 7 heteroatoms. The average Bonchev–Trinajstić information content (AvgIpc) is 3.27. The van der Waals surface area contributed by atoms with Crippen molar-refractivity contribution in [3.05, 3.63) is 107 Å². The molecule has 36 heavy (non-hydrogen) atoms. The second-order valence-corrected chi connectivity index (χ2v) is 10.1. The van der Waals surface area contributed by atoms with Crippen molar-refractivity contribution in [3.63, 3.8) is 0 Å². The van der Waals surface area contributed by atoms with E-state index in [9.17, 15) is 28.2 Å². The Hall–Kier alpha value is -3.16. The van der Waals surface area contributed by atoms with Gasteiger partial charge in [0.15, 0.2) is 0 Å². The molecule has 1 saturated carbocycles. The third-order valence-corrected chi connectivity index (χ3v) is 8.12. The maximum Gasteiger partial charge on any atom is 0.416 e. The van der Waals surface area contributed by atoms with E-state index in [1.165, 1.54) is 12.1 Å². The standard InChI is InChI=1S/C29H28F3NO3/c30-29(31,32)23-13-11-22(12-14-23)28(36)16-15-24(21-9-5-2-6-10-21)27(26(34)35)19-33(18-25(27)28)17-20-7-3-1-4-8-20/h1-14,24-25,36H,15-19H2,(H,34,35). The van der Waals surface area contributed by atoms with Gasteiger partial charge in [-0.25, -0.2) is 0 Å². The molecular formula is C29H28F3NO3. The Morgan fingerprint density at radius 2 is 1.56 bits per heavy atom. The number of aliphatic carboxylic acids is 1. The van der Waals surface area contributed by atoms with Gasteiger partial charge in [0.1, 0.15) is 0 Å². The first kappa shape index (κ1) is 24.5. The third-order valence-electron chi connectivity index (χ3n) is 8.12. The fraction of sp³-hybridized carbons (Fsp3) is 0.345. The second-order valence-electron chi connectivity index (χ2n) is 10.1. The van der Waals surface area contributed by atoms with E-state index in [0.29, 0.717) is 25.1 Å². The minimum absolute atomic E-state index is 0.240. The molecule has 1 heterocycles. The van der Waals surface area contributed by atoms with Crippen LogP contribution in [0.15, 0.2) is 84.9 Å². The SMILES string of the molecule is O=C(O)C12CN(Cc3ccccc3)CC1C(O)(c1ccc(C(F)(F)F)cc1)CCC2c1ccccc1. The number of aliphatic hydroxyl groups is 1. The van der Waals surface area contributed by atoms with Crippen molar-refractivity contribution in [2.45, 2.75) is 37.1 Å². The van der Waals surface area contributed by atoms with Crippen LogP contribution >= 0.6 is 0 Å². The number of hydrogen-bond acceptors (Lipinski definition) is 3. The lowest BCUT2D eigenvalue weighted by Crippen LogP contribution is -2.56. The molecule has 3 aromatic rings. The maximum atomic E-state index is 13.2. The molecule has 0 amide bonds. The Balaban J connectivity index is 1.59. The Labute approximate surface area is 208 Å². The van der Waals surface area contributed by atoms with Crippen LogP contribution < -0.4 is 0 Å². The molecular weight excluding hydrogens is 467 g/mol. The van der Waals surface area contributed by atoms with Crippen LogP contribution in [0.5, 0.6) is 0 Å². The summed E-state index contributed by atoms with van der Waals surface area (Å²) in [5.74, 6) is -2.03. The van der Waals surface area contributed by atoms with Crippen LogP contribution in [0, 0.1) is 11.3 Å². The van der Waals surface area contributed by atoms with Crippen LogP contribution in [0.3, 0.4) is 0 Å². The second kappa shape index (κ2) is 9.05. The first-order chi connectivity index (χ1) is 17.1. The number of alkyl halides is 3. The summed E-state index contributed by atoms with van der Waals surface area (Å²) in [6.07, 6.45) is -3.82. The number of halogens is 3. The quantitative estimate of drug-likeness (QED) is 0.479. The summed E-state index contributed by atoms with van der Waals surface area (Å²) in [5.41, 5.74) is -1.40. The molecule has 188 valence electrons. The third kappa shape index (κ3) is 4.10. The zero-order valence-electron chi connectivity index (χ0n) is 19.7. The highest BCUT2D eigenvalue weighted by molar-refractivity contribution is 5.78. The van der Waals surface area contributed by atoms with Gasteiger partial charge in [-0.3, -0.25) is 9.69 Å². The average molecular weight is 496 g/mol. The molecule has 0 aromatic heterocycles. The number of rotatable bonds is 5. The topological polar surface area (TPSA) is 60.8 Å². The van der Waals surface area contributed by atoms with E-state index >= 15 is 0 Å². The van der Waals surface area contributed by atoms with Crippen molar-refractivity contribution in [3.8, 4) is 0 Å². The van der Waals surface area contributed by atoms with Crippen LogP contribution in [-0.2, 0) is 23.1 Å². The molecule has 5 rings (SSSR count). The van der Waals surface area contributed by atoms with Crippen molar-refractivity contribution in [2.75, 3.05) is 13.1 Å². The van der Waals surface area contributed by atoms with Crippen LogP contribution in [0.25, 0.3) is 0 Å². The largest absolute Gasteiger partial charge is 0.481 e. The molecule has 4 unspecified atom stereocenters. The molecule has 0 radical (unpaired) electrons. The lowest BCUT2D eigenvalue weighted by Gasteiger charge is -2.51. The summed E-state index contributed by atoms with van der Waals surface area (Å²) in [6, 6.07) is 23.8. The van der Waals surface area contributed by atoms with Gasteiger partial charge in [-0.2, -0.15) is 13.2 Å². The van der Waals surface area contributed by atoms with Gasteiger partial charge in [-0.05, 0) is 41.7 Å². The number of carboxylic acids is 1. The summed E-state index contributed by atoms with van der Waals surface area (Å²) in [6.45, 7) is 1.09. The lowest BCUT2D eigenvalue weighted by atomic mass is 9.53. The minimum atomic E-state index is -4.49. The summed E-state index contributed by atoms with van der Waals surface area (Å²) in [7, 11) is 0. The first-order valence-electron chi connectivity index (χ1n) is 12.1. The van der Waals surface area contributed by atoms with E-state index in [4.69, 9.17) is 0 Å². The molecule has 2 aliphatic rings. The van der Waals surface area contributed by atoms with Crippen molar-refractivity contribution in [2.24, 2.45) is 11.3 Å². The Bertz CT molecular complexity index is 1220. The van der Waals surface area contributed by atoms with Crippen LogP contribution in [0.1, 0.15) is 41.0 Å². The van der Waals surface area contributed by atoms with Gasteiger partial charge in [0.05, 0.1) is 16.6 Å². The molecule has 2 N–H and O–H groups in total.